The van der Waals surface area contributed by atoms with E-state index >= 15 is 0 Å². The number of ketones is 1. The summed E-state index contributed by atoms with van der Waals surface area (Å²) in [6.45, 7) is 1.89. The molecular formula is C15H22N5O9P. The van der Waals surface area contributed by atoms with Crippen LogP contribution in [-0.4, -0.2) is 80.9 Å². The fraction of sp³-hybridized carbons (Fsp3) is 0.600. The number of rotatable bonds is 7. The Morgan fingerprint density at radius 1 is 1.37 bits per heavy atom. The highest BCUT2D eigenvalue weighted by Crippen LogP contribution is 2.43. The van der Waals surface area contributed by atoms with Gasteiger partial charge in [0.1, 0.15) is 36.5 Å². The molecule has 0 bridgehead atoms. The van der Waals surface area contributed by atoms with Crippen molar-refractivity contribution in [3.8, 4) is 0 Å². The molecule has 30 heavy (non-hydrogen) atoms. The zero-order valence-electron chi connectivity index (χ0n) is 16.0. The van der Waals surface area contributed by atoms with Crippen molar-refractivity contribution >= 4 is 30.6 Å². The maximum absolute atomic E-state index is 13.2. The molecule has 0 spiro atoms. The van der Waals surface area contributed by atoms with Crippen LogP contribution in [0.15, 0.2) is 12.7 Å². The molecule has 4 atom stereocenters. The summed E-state index contributed by atoms with van der Waals surface area (Å²) in [5.74, 6) is -0.866. The van der Waals surface area contributed by atoms with Crippen molar-refractivity contribution in [1.29, 1.82) is 0 Å². The zero-order valence-corrected chi connectivity index (χ0v) is 16.9. The number of aliphatic hydroxyl groups is 3. The van der Waals surface area contributed by atoms with E-state index in [9.17, 15) is 24.7 Å². The number of anilines is 1. The maximum Gasteiger partial charge on any atom is 0.469 e. The lowest BCUT2D eigenvalue weighted by Gasteiger charge is -2.34. The molecule has 0 aromatic carbocycles. The first-order valence-corrected chi connectivity index (χ1v) is 10.2. The van der Waals surface area contributed by atoms with Crippen LogP contribution in [0, 0.1) is 0 Å². The second-order valence-corrected chi connectivity index (χ2v) is 8.77. The first-order valence-electron chi connectivity index (χ1n) is 8.70. The van der Waals surface area contributed by atoms with E-state index in [2.05, 4.69) is 19.5 Å². The van der Waals surface area contributed by atoms with E-state index in [0.717, 1.165) is 17.2 Å². The molecular weight excluding hydrogens is 425 g/mol. The van der Waals surface area contributed by atoms with Crippen LogP contribution in [0.1, 0.15) is 20.3 Å². The van der Waals surface area contributed by atoms with Gasteiger partial charge in [-0.3, -0.25) is 13.9 Å². The van der Waals surface area contributed by atoms with Crippen LogP contribution in [0.2, 0.25) is 0 Å². The first kappa shape index (κ1) is 22.7. The van der Waals surface area contributed by atoms with Crippen molar-refractivity contribution in [3.05, 3.63) is 12.7 Å². The summed E-state index contributed by atoms with van der Waals surface area (Å²) in [5.41, 5.74) is 2.00. The maximum atomic E-state index is 13.2. The molecule has 0 saturated carbocycles. The third-order valence-electron chi connectivity index (χ3n) is 4.56. The monoisotopic (exact) mass is 447 g/mol. The Balaban J connectivity index is 2.12. The van der Waals surface area contributed by atoms with Gasteiger partial charge in [0.05, 0.1) is 12.2 Å². The Morgan fingerprint density at radius 2 is 2.03 bits per heavy atom. The molecule has 14 nitrogen and oxygen atoms in total. The summed E-state index contributed by atoms with van der Waals surface area (Å²) in [6.07, 6.45) is -3.53. The minimum absolute atomic E-state index is 0.00518. The lowest BCUT2D eigenvalue weighted by atomic mass is 9.90. The highest BCUT2D eigenvalue weighted by Gasteiger charge is 2.61. The van der Waals surface area contributed by atoms with E-state index < -0.39 is 56.3 Å². The first-order chi connectivity index (χ1) is 13.8. The number of hydrogen-bond acceptors (Lipinski definition) is 11. The van der Waals surface area contributed by atoms with Crippen molar-refractivity contribution in [2.24, 2.45) is 0 Å². The van der Waals surface area contributed by atoms with Gasteiger partial charge in [0, 0.05) is 6.42 Å². The zero-order chi connectivity index (χ0) is 22.5. The van der Waals surface area contributed by atoms with E-state index in [4.69, 9.17) is 20.3 Å². The van der Waals surface area contributed by atoms with Crippen molar-refractivity contribution in [3.63, 3.8) is 0 Å². The topological polar surface area (TPSA) is 223 Å². The largest absolute Gasteiger partial charge is 0.469 e. The number of nitrogens with two attached hydrogens (primary N) is 1. The number of aromatic nitrogens is 4. The van der Waals surface area contributed by atoms with Gasteiger partial charge in [-0.2, -0.15) is 0 Å². The van der Waals surface area contributed by atoms with Crippen molar-refractivity contribution < 1.29 is 43.7 Å². The van der Waals surface area contributed by atoms with Gasteiger partial charge in [0.25, 0.3) is 0 Å². The van der Waals surface area contributed by atoms with Gasteiger partial charge in [-0.05, 0) is 13.8 Å². The molecule has 0 unspecified atom stereocenters. The lowest BCUT2D eigenvalue weighted by molar-refractivity contribution is -0.177. The van der Waals surface area contributed by atoms with Crippen LogP contribution in [0.3, 0.4) is 0 Å². The number of hydrogen-bond donors (Lipinski definition) is 6. The number of nitrogen functional groups attached to an aromatic ring is 1. The van der Waals surface area contributed by atoms with Gasteiger partial charge >= 0.3 is 7.82 Å². The molecule has 7 N–H and O–H groups in total. The van der Waals surface area contributed by atoms with Crippen LogP contribution in [-0.2, 0) is 24.3 Å². The van der Waals surface area contributed by atoms with Crippen LogP contribution < -0.4 is 5.73 Å². The number of aliphatic hydroxyl groups excluding tert-OH is 2. The van der Waals surface area contributed by atoms with Gasteiger partial charge in [-0.1, -0.05) is 0 Å². The van der Waals surface area contributed by atoms with Crippen molar-refractivity contribution in [2.75, 3.05) is 12.3 Å². The Morgan fingerprint density at radius 3 is 2.63 bits per heavy atom. The molecule has 2 aromatic heterocycles. The summed E-state index contributed by atoms with van der Waals surface area (Å²) in [5, 5.41) is 31.4. The number of fused-ring (bicyclic) bond motifs is 1. The van der Waals surface area contributed by atoms with E-state index in [-0.39, 0.29) is 17.0 Å². The van der Waals surface area contributed by atoms with E-state index in [1.165, 1.54) is 13.8 Å². The molecule has 1 aliphatic heterocycles. The van der Waals surface area contributed by atoms with Gasteiger partial charge in [0.2, 0.25) is 5.72 Å². The standard InChI is InChI=1S/C15H22N5O9P/c1-14(2,24)3-8(21)15(20-6-19-9-12(16)17-5-18-13(9)20)11(23)10(22)7(29-15)4-28-30(25,26)27/h5-7,10-11,22-24H,3-4H2,1-2H3,(H2,16,17,18)(H2,25,26,27)/t7-,10-,11-,15-/m1/s1. The molecule has 166 valence electrons. The van der Waals surface area contributed by atoms with E-state index in [0.29, 0.717) is 0 Å². The fourth-order valence-electron chi connectivity index (χ4n) is 3.29. The molecule has 15 heteroatoms. The lowest BCUT2D eigenvalue weighted by Crippen LogP contribution is -2.53. The number of carbonyl (C=O) groups excluding carboxylic acids is 1. The van der Waals surface area contributed by atoms with Gasteiger partial charge in [-0.15, -0.1) is 0 Å². The van der Waals surface area contributed by atoms with E-state index in [1.807, 2.05) is 0 Å². The summed E-state index contributed by atoms with van der Waals surface area (Å²) >= 11 is 0. The van der Waals surface area contributed by atoms with Gasteiger partial charge in [-0.25, -0.2) is 19.5 Å². The molecule has 3 heterocycles. The smallest absolute Gasteiger partial charge is 0.390 e. The van der Waals surface area contributed by atoms with Crippen LogP contribution >= 0.6 is 7.82 Å². The second kappa shape index (κ2) is 7.59. The summed E-state index contributed by atoms with van der Waals surface area (Å²) in [7, 11) is -4.92. The highest BCUT2D eigenvalue weighted by atomic mass is 31.2. The summed E-state index contributed by atoms with van der Waals surface area (Å²) < 4.78 is 22.1. The average molecular weight is 447 g/mol. The highest BCUT2D eigenvalue weighted by molar-refractivity contribution is 7.46. The number of carbonyl (C=O) groups is 1. The van der Waals surface area contributed by atoms with Crippen molar-refractivity contribution in [1.82, 2.24) is 19.5 Å². The normalized spacial score (nSPS) is 27.6. The minimum Gasteiger partial charge on any atom is -0.390 e. The molecule has 0 aliphatic carbocycles. The Hall–Kier alpha value is -2.03. The third kappa shape index (κ3) is 4.08. The summed E-state index contributed by atoms with van der Waals surface area (Å²) in [4.78, 5) is 42.9. The molecule has 3 rings (SSSR count). The molecule has 1 aliphatic rings. The number of phosphoric acid groups is 1. The minimum atomic E-state index is -4.92. The number of nitrogens with zero attached hydrogens (tertiary/aromatic N) is 4. The van der Waals surface area contributed by atoms with Crippen LogP contribution in [0.25, 0.3) is 11.2 Å². The predicted molar refractivity (Wildman–Crippen MR) is 98.5 cm³/mol. The SMILES string of the molecule is CC(C)(O)CC(=O)[C@@]1(n2cnc3c(N)ncnc32)O[C@H](COP(=O)(O)O)[C@@H](O)[C@H]1O. The van der Waals surface area contributed by atoms with E-state index in [1.54, 1.807) is 0 Å². The van der Waals surface area contributed by atoms with Gasteiger partial charge < -0.3 is 35.6 Å². The second-order valence-electron chi connectivity index (χ2n) is 7.53. The molecule has 1 saturated heterocycles. The molecule has 0 radical (unpaired) electrons. The molecule has 0 amide bonds. The molecule has 2 aromatic rings. The van der Waals surface area contributed by atoms with Crippen LogP contribution in [0.5, 0.6) is 0 Å². The molecule has 1 fully saturated rings. The van der Waals surface area contributed by atoms with Crippen LogP contribution in [0.4, 0.5) is 5.82 Å². The number of ether oxygens (including phenoxy) is 1. The number of imidazole rings is 1. The Kier molecular flexibility index (Phi) is 5.73. The van der Waals surface area contributed by atoms with Crippen molar-refractivity contribution in [2.45, 2.75) is 49.9 Å². The van der Waals surface area contributed by atoms with Gasteiger partial charge in [0.15, 0.2) is 17.2 Å². The predicted octanol–water partition coefficient (Wildman–Crippen LogP) is -1.98. The Labute approximate surface area is 169 Å². The Bertz CT molecular complexity index is 1000. The number of phosphoric ester groups is 1. The summed E-state index contributed by atoms with van der Waals surface area (Å²) in [6, 6.07) is 0. The average Bonchev–Trinajstić information content (AvgIpc) is 3.14. The number of Topliss-reactive ketones (excluding diaryl/α,β-unsaturated/α-hetero) is 1. The third-order valence-corrected chi connectivity index (χ3v) is 5.04. The quantitative estimate of drug-likeness (QED) is 0.253. The fourth-order valence-corrected chi connectivity index (χ4v) is 3.63.